The summed E-state index contributed by atoms with van der Waals surface area (Å²) in [6.07, 6.45) is -1.88. The summed E-state index contributed by atoms with van der Waals surface area (Å²) in [6, 6.07) is 0. The van der Waals surface area contributed by atoms with E-state index in [1.54, 1.807) is 0 Å². The van der Waals surface area contributed by atoms with Gasteiger partial charge in [-0.25, -0.2) is 4.79 Å². The number of rotatable bonds is 6. The Labute approximate surface area is 186 Å². The van der Waals surface area contributed by atoms with Crippen molar-refractivity contribution in [1.29, 1.82) is 0 Å². The SMILES string of the molecule is C=CC(=O)O.O=C([O-])CC(O)(CC(=O)[O-])C(=O)[O-].[Na+].[Na+].[Na+]. The van der Waals surface area contributed by atoms with E-state index < -0.39 is 42.3 Å². The third-order valence-corrected chi connectivity index (χ3v) is 1.43. The Morgan fingerprint density at radius 2 is 1.19 bits per heavy atom. The second-order valence-electron chi connectivity index (χ2n) is 2.96. The zero-order chi connectivity index (χ0) is 14.9. The third-order valence-electron chi connectivity index (χ3n) is 1.43. The van der Waals surface area contributed by atoms with Crippen molar-refractivity contribution >= 4 is 23.9 Å². The van der Waals surface area contributed by atoms with Crippen molar-refractivity contribution < 1.29 is 133 Å². The molecule has 2 N–H and O–H groups in total. The van der Waals surface area contributed by atoms with Gasteiger partial charge in [-0.05, 0) is 0 Å². The molecule has 0 aliphatic heterocycles. The number of aliphatic carboxylic acids is 4. The Bertz CT molecular complexity index is 353. The molecule has 12 heteroatoms. The van der Waals surface area contributed by atoms with Gasteiger partial charge in [-0.2, -0.15) is 0 Å². The molecule has 0 rings (SSSR count). The molecule has 0 saturated heterocycles. The molecule has 0 unspecified atom stereocenters. The van der Waals surface area contributed by atoms with Crippen LogP contribution in [0.5, 0.6) is 0 Å². The Balaban J connectivity index is -0.0000000933. The number of carbonyl (C=O) groups excluding carboxylic acids is 3. The molecule has 0 spiro atoms. The molecule has 0 heterocycles. The van der Waals surface area contributed by atoms with Gasteiger partial charge >= 0.3 is 94.6 Å². The van der Waals surface area contributed by atoms with Gasteiger partial charge in [0.2, 0.25) is 0 Å². The minimum Gasteiger partial charge on any atom is -0.550 e. The van der Waals surface area contributed by atoms with E-state index in [1.807, 2.05) is 0 Å². The summed E-state index contributed by atoms with van der Waals surface area (Å²) in [5, 5.41) is 46.5. The smallest absolute Gasteiger partial charge is 0.550 e. The molecular formula is C9H9Na3O9. The van der Waals surface area contributed by atoms with E-state index in [4.69, 9.17) is 10.2 Å². The first-order valence-electron chi connectivity index (χ1n) is 4.24. The molecule has 102 valence electrons. The first kappa shape index (κ1) is 33.2. The summed E-state index contributed by atoms with van der Waals surface area (Å²) >= 11 is 0. The van der Waals surface area contributed by atoms with Gasteiger partial charge in [0.05, 0.1) is 5.97 Å². The molecule has 21 heavy (non-hydrogen) atoms. The topological polar surface area (TPSA) is 178 Å². The second kappa shape index (κ2) is 16.9. The summed E-state index contributed by atoms with van der Waals surface area (Å²) in [4.78, 5) is 39.2. The van der Waals surface area contributed by atoms with Crippen LogP contribution in [0.4, 0.5) is 0 Å². The number of hydrogen-bond acceptors (Lipinski definition) is 8. The predicted octanol–water partition coefficient (Wildman–Crippen LogP) is -14.0. The summed E-state index contributed by atoms with van der Waals surface area (Å²) in [5.74, 6) is -6.97. The number of carboxylic acid groups (broad SMARTS) is 4. The Kier molecular flexibility index (Phi) is 26.8. The molecule has 0 aromatic heterocycles. The van der Waals surface area contributed by atoms with Gasteiger partial charge in [-0.1, -0.05) is 6.58 Å². The van der Waals surface area contributed by atoms with Crippen LogP contribution >= 0.6 is 0 Å². The molecule has 0 aliphatic carbocycles. The molecule has 0 aromatic carbocycles. The molecular weight excluding hydrogens is 321 g/mol. The van der Waals surface area contributed by atoms with Crippen molar-refractivity contribution in [2.24, 2.45) is 0 Å². The van der Waals surface area contributed by atoms with Gasteiger partial charge in [-0.3, -0.25) is 0 Å². The molecule has 0 atom stereocenters. The van der Waals surface area contributed by atoms with Gasteiger partial charge in [0.15, 0.2) is 0 Å². The number of carbonyl (C=O) groups is 4. The minimum absolute atomic E-state index is 0. The van der Waals surface area contributed by atoms with Gasteiger partial charge in [-0.15, -0.1) is 0 Å². The quantitative estimate of drug-likeness (QED) is 0.353. The standard InChI is InChI=1S/C6H8O7.C3H4O2.3Na/c7-3(8)1-6(13,5(11)12)2-4(9)10;1-2-3(4)5;;;/h13H,1-2H2,(H,7,8)(H,9,10)(H,11,12);2H,1H2,(H,4,5);;;/q;;3*+1/p-3. The van der Waals surface area contributed by atoms with Crippen LogP contribution in [0, 0.1) is 0 Å². The Hall–Kier alpha value is 0.580. The first-order valence-corrected chi connectivity index (χ1v) is 4.24. The van der Waals surface area contributed by atoms with Gasteiger partial charge in [0.1, 0.15) is 5.60 Å². The van der Waals surface area contributed by atoms with Gasteiger partial charge in [0.25, 0.3) is 0 Å². The van der Waals surface area contributed by atoms with Crippen LogP contribution in [-0.2, 0) is 19.2 Å². The summed E-state index contributed by atoms with van der Waals surface area (Å²) in [5.41, 5.74) is -2.97. The van der Waals surface area contributed by atoms with E-state index in [0.29, 0.717) is 0 Å². The molecule has 0 bridgehead atoms. The van der Waals surface area contributed by atoms with Crippen molar-refractivity contribution in [3.63, 3.8) is 0 Å². The van der Waals surface area contributed by atoms with Crippen molar-refractivity contribution in [2.75, 3.05) is 0 Å². The van der Waals surface area contributed by atoms with E-state index in [2.05, 4.69) is 6.58 Å². The zero-order valence-electron chi connectivity index (χ0n) is 12.0. The fraction of sp³-hybridized carbons (Fsp3) is 0.333. The van der Waals surface area contributed by atoms with Crippen molar-refractivity contribution in [2.45, 2.75) is 18.4 Å². The normalized spacial score (nSPS) is 8.24. The molecule has 0 aromatic rings. The maximum absolute atomic E-state index is 10.1. The molecule has 0 fully saturated rings. The van der Waals surface area contributed by atoms with Crippen LogP contribution in [-0.4, -0.2) is 39.7 Å². The number of carboxylic acids is 4. The van der Waals surface area contributed by atoms with E-state index in [-0.39, 0.29) is 88.7 Å². The fourth-order valence-electron chi connectivity index (χ4n) is 0.684. The predicted molar refractivity (Wildman–Crippen MR) is 47.0 cm³/mol. The Morgan fingerprint density at radius 3 is 1.29 bits per heavy atom. The first-order chi connectivity index (χ1) is 8.05. The van der Waals surface area contributed by atoms with Crippen LogP contribution in [0.3, 0.4) is 0 Å². The summed E-state index contributed by atoms with van der Waals surface area (Å²) < 4.78 is 0. The molecule has 0 aliphatic rings. The van der Waals surface area contributed by atoms with Crippen LogP contribution in [0.25, 0.3) is 0 Å². The third kappa shape index (κ3) is 20.6. The van der Waals surface area contributed by atoms with Crippen LogP contribution in [0.1, 0.15) is 12.8 Å². The maximum Gasteiger partial charge on any atom is 1.00 e. The van der Waals surface area contributed by atoms with E-state index in [9.17, 15) is 34.5 Å². The monoisotopic (exact) mass is 330 g/mol. The van der Waals surface area contributed by atoms with Crippen LogP contribution < -0.4 is 104 Å². The average Bonchev–Trinajstić information content (AvgIpc) is 2.15. The number of hydrogen-bond donors (Lipinski definition) is 2. The van der Waals surface area contributed by atoms with Gasteiger partial charge < -0.3 is 39.9 Å². The summed E-state index contributed by atoms with van der Waals surface area (Å²) in [6.45, 7) is 2.96. The second-order valence-corrected chi connectivity index (χ2v) is 2.96. The van der Waals surface area contributed by atoms with E-state index in [0.717, 1.165) is 6.08 Å². The van der Waals surface area contributed by atoms with Crippen molar-refractivity contribution in [3.8, 4) is 0 Å². The van der Waals surface area contributed by atoms with E-state index >= 15 is 0 Å². The van der Waals surface area contributed by atoms with Crippen molar-refractivity contribution in [3.05, 3.63) is 12.7 Å². The van der Waals surface area contributed by atoms with Crippen LogP contribution in [0.15, 0.2) is 12.7 Å². The fourth-order valence-corrected chi connectivity index (χ4v) is 0.684. The summed E-state index contributed by atoms with van der Waals surface area (Å²) in [7, 11) is 0. The minimum atomic E-state index is -2.97. The average molecular weight is 330 g/mol. The van der Waals surface area contributed by atoms with Gasteiger partial charge in [0, 0.05) is 30.9 Å². The largest absolute Gasteiger partial charge is 1.00 e. The van der Waals surface area contributed by atoms with Crippen LogP contribution in [0.2, 0.25) is 0 Å². The zero-order valence-corrected chi connectivity index (χ0v) is 18.0. The molecule has 0 amide bonds. The van der Waals surface area contributed by atoms with E-state index in [1.165, 1.54) is 0 Å². The molecule has 0 saturated carbocycles. The number of aliphatic hydroxyl groups is 1. The Morgan fingerprint density at radius 1 is 0.952 bits per heavy atom. The maximum atomic E-state index is 10.1. The molecule has 9 nitrogen and oxygen atoms in total. The van der Waals surface area contributed by atoms with Crippen molar-refractivity contribution in [1.82, 2.24) is 0 Å². The molecule has 0 radical (unpaired) electrons.